The third-order valence-electron chi connectivity index (χ3n) is 0.200. The summed E-state index contributed by atoms with van der Waals surface area (Å²) in [6.07, 6.45) is 0. The normalized spacial score (nSPS) is 9.78. The molecule has 0 aromatic heterocycles. The van der Waals surface area contributed by atoms with Gasteiger partial charge in [-0.1, -0.05) is 0 Å². The molecule has 0 aromatic rings. The summed E-state index contributed by atoms with van der Waals surface area (Å²) in [5, 5.41) is 0. The van der Waals surface area contributed by atoms with Crippen molar-refractivity contribution < 1.29 is 53.1 Å². The van der Waals surface area contributed by atoms with Crippen molar-refractivity contribution >= 4 is 0 Å². The first-order valence-electron chi connectivity index (χ1n) is 1.46. The molecule has 0 fully saturated rings. The zero-order valence-electron chi connectivity index (χ0n) is 3.75. The zero-order chi connectivity index (χ0) is 7.71. The molecular weight excluding hydrogens is 214 g/mol. The van der Waals surface area contributed by atoms with Crippen molar-refractivity contribution in [3.05, 3.63) is 0 Å². The zero-order valence-corrected chi connectivity index (χ0v) is 6.55. The van der Waals surface area contributed by atoms with E-state index in [1.807, 2.05) is 0 Å². The molecule has 52 valence electrons. The second kappa shape index (κ2) is 2.28. The summed E-state index contributed by atoms with van der Waals surface area (Å²) >= 11 is -12.4. The molecule has 0 atom stereocenters. The molecule has 0 saturated heterocycles. The molecule has 0 aromatic carbocycles. The maximum absolute atomic E-state index is 9.40. The van der Waals surface area contributed by atoms with Gasteiger partial charge in [0, 0.05) is 0 Å². The third-order valence-corrected chi connectivity index (χ3v) is 3.40. The van der Waals surface area contributed by atoms with Crippen LogP contribution in [0, 0.1) is 0 Å². The molecule has 0 aliphatic heterocycles. The van der Waals surface area contributed by atoms with Crippen molar-refractivity contribution in [1.82, 2.24) is 0 Å². The Kier molecular flexibility index (Phi) is 2.26. The van der Waals surface area contributed by atoms with E-state index in [9.17, 15) is 22.0 Å². The molecule has 0 aliphatic carbocycles. The van der Waals surface area contributed by atoms with Gasteiger partial charge in [0.25, 0.3) is 0 Å². The van der Waals surface area contributed by atoms with Crippen LogP contribution in [0.4, 0.5) is 0 Å². The van der Waals surface area contributed by atoms with Crippen LogP contribution in [0.2, 0.25) is 0 Å². The fourth-order valence-electron chi connectivity index (χ4n) is 0.122. The molecule has 0 radical (unpaired) electrons. The van der Waals surface area contributed by atoms with Gasteiger partial charge in [0.2, 0.25) is 0 Å². The van der Waals surface area contributed by atoms with E-state index in [2.05, 4.69) is 2.59 Å². The molecule has 0 rings (SSSR count). The summed E-state index contributed by atoms with van der Waals surface area (Å²) in [6.45, 7) is 0. The average molecular weight is 214 g/mol. The van der Waals surface area contributed by atoms with E-state index in [1.165, 1.54) is 0 Å². The monoisotopic (exact) mass is 214 g/mol. The van der Waals surface area contributed by atoms with E-state index >= 15 is 0 Å². The Hall–Kier alpha value is -0.0712. The second-order valence-corrected chi connectivity index (χ2v) is 5.08. The Morgan fingerprint density at radius 1 is 0.667 bits per heavy atom. The summed E-state index contributed by atoms with van der Waals surface area (Å²) in [6, 6.07) is 0. The van der Waals surface area contributed by atoms with Crippen molar-refractivity contribution in [2.24, 2.45) is 0 Å². The molecule has 0 unspecified atom stereocenters. The first-order valence-corrected chi connectivity index (χ1v) is 6.02. The standard InChI is InChI=1S/7O.2V. The van der Waals surface area contributed by atoms with Gasteiger partial charge in [0.1, 0.15) is 0 Å². The molecule has 0 amide bonds. The summed E-state index contributed by atoms with van der Waals surface area (Å²) in [5.41, 5.74) is 0. The predicted octanol–water partition coefficient (Wildman–Crippen LogP) is -0.786. The fourth-order valence-corrected chi connectivity index (χ4v) is 2.08. The third kappa shape index (κ3) is 7.93. The van der Waals surface area contributed by atoms with Crippen LogP contribution in [0.5, 0.6) is 0 Å². The van der Waals surface area contributed by atoms with Crippen molar-refractivity contribution in [1.29, 1.82) is 0 Å². The minimum atomic E-state index is -6.21. The topological polar surface area (TPSA) is 112 Å². The Morgan fingerprint density at radius 2 is 0.889 bits per heavy atom. The Morgan fingerprint density at radius 3 is 0.889 bits per heavy atom. The maximum atomic E-state index is 9.40. The van der Waals surface area contributed by atoms with Crippen LogP contribution >= 0.6 is 0 Å². The molecular formula is O7V2. The summed E-state index contributed by atoms with van der Waals surface area (Å²) in [5.74, 6) is 0. The van der Waals surface area contributed by atoms with Gasteiger partial charge in [-0.3, -0.25) is 0 Å². The van der Waals surface area contributed by atoms with E-state index in [1.54, 1.807) is 0 Å². The second-order valence-electron chi connectivity index (χ2n) is 0.976. The van der Waals surface area contributed by atoms with Gasteiger partial charge in [-0.2, -0.15) is 0 Å². The van der Waals surface area contributed by atoms with Gasteiger partial charge in [-0.15, -0.1) is 0 Å². The summed E-state index contributed by atoms with van der Waals surface area (Å²) in [7, 11) is 0. The van der Waals surface area contributed by atoms with Gasteiger partial charge in [0.05, 0.1) is 0 Å². The molecule has 0 N–H and O–H groups in total. The van der Waals surface area contributed by atoms with Gasteiger partial charge >= 0.3 is 53.1 Å². The van der Waals surface area contributed by atoms with Crippen LogP contribution in [-0.2, 0) is 53.1 Å². The molecule has 0 bridgehead atoms. The first-order chi connectivity index (χ1) is 3.71. The number of hydrogen-bond acceptors (Lipinski definition) is 7. The van der Waals surface area contributed by atoms with Gasteiger partial charge < -0.3 is 0 Å². The van der Waals surface area contributed by atoms with E-state index in [-0.39, 0.29) is 0 Å². The Labute approximate surface area is 53.4 Å². The molecule has 9 heavy (non-hydrogen) atoms. The van der Waals surface area contributed by atoms with E-state index in [4.69, 9.17) is 0 Å². The summed E-state index contributed by atoms with van der Waals surface area (Å²) in [4.78, 5) is 0. The summed E-state index contributed by atoms with van der Waals surface area (Å²) < 4.78 is 59.0. The van der Waals surface area contributed by atoms with Crippen LogP contribution in [0.25, 0.3) is 0 Å². The molecule has 9 heteroatoms. The van der Waals surface area contributed by atoms with Crippen molar-refractivity contribution in [2.75, 3.05) is 0 Å². The van der Waals surface area contributed by atoms with Crippen molar-refractivity contribution in [3.63, 3.8) is 0 Å². The van der Waals surface area contributed by atoms with E-state index in [0.29, 0.717) is 0 Å². The van der Waals surface area contributed by atoms with Crippen molar-refractivity contribution in [2.45, 2.75) is 0 Å². The Balaban J connectivity index is 4.91. The fraction of sp³-hybridized carbons (Fsp3) is 0. The van der Waals surface area contributed by atoms with Crippen LogP contribution in [0.15, 0.2) is 0 Å². The average Bonchev–Trinajstić information content (AvgIpc) is 1.14. The first kappa shape index (κ1) is 8.93. The minimum absolute atomic E-state index is 2.64. The van der Waals surface area contributed by atoms with Crippen LogP contribution < -0.4 is 0 Å². The Bertz CT molecular complexity index is 305. The van der Waals surface area contributed by atoms with Gasteiger partial charge in [-0.25, -0.2) is 0 Å². The number of rotatable bonds is 2. The van der Waals surface area contributed by atoms with Crippen LogP contribution in [-0.4, -0.2) is 0 Å². The predicted molar refractivity (Wildman–Crippen MR) is 5.20 cm³/mol. The van der Waals surface area contributed by atoms with Crippen molar-refractivity contribution in [3.8, 4) is 0 Å². The molecule has 0 heterocycles. The molecule has 7 nitrogen and oxygen atoms in total. The molecule has 0 saturated carbocycles. The quantitative estimate of drug-likeness (QED) is 0.591. The van der Waals surface area contributed by atoms with E-state index < -0.39 is 28.4 Å². The van der Waals surface area contributed by atoms with Crippen LogP contribution in [0.1, 0.15) is 0 Å². The molecule has 0 spiro atoms. The van der Waals surface area contributed by atoms with Gasteiger partial charge in [0.15, 0.2) is 0 Å². The van der Waals surface area contributed by atoms with E-state index in [0.717, 1.165) is 0 Å². The SMILES string of the molecule is [O]=[V](=[O])(=[O])[O][V](=[O])(=[O])=[O]. The van der Waals surface area contributed by atoms with Crippen LogP contribution in [0.3, 0.4) is 0 Å². The molecule has 0 aliphatic rings. The van der Waals surface area contributed by atoms with Gasteiger partial charge in [-0.05, 0) is 0 Å². The number of hydrogen-bond donors (Lipinski definition) is 0.